The van der Waals surface area contributed by atoms with Crippen molar-refractivity contribution in [2.45, 2.75) is 309 Å². The van der Waals surface area contributed by atoms with E-state index in [1.165, 1.54) is 212 Å². The second-order valence-corrected chi connectivity index (χ2v) is 20.0. The largest absolute Gasteiger partial charge is 0.466 e. The van der Waals surface area contributed by atoms with E-state index < -0.39 is 12.1 Å². The number of carbonyl (C=O) groups is 2. The van der Waals surface area contributed by atoms with Gasteiger partial charge in [0.25, 0.3) is 0 Å². The molecule has 0 heterocycles. The van der Waals surface area contributed by atoms with Crippen molar-refractivity contribution in [1.82, 2.24) is 5.32 Å². The lowest BCUT2D eigenvalue weighted by Gasteiger charge is -2.20. The van der Waals surface area contributed by atoms with Crippen molar-refractivity contribution in [1.29, 1.82) is 0 Å². The molecule has 6 nitrogen and oxygen atoms in total. The van der Waals surface area contributed by atoms with E-state index in [2.05, 4.69) is 67.8 Å². The Hall–Kier alpha value is -2.44. The van der Waals surface area contributed by atoms with Crippen LogP contribution in [0.4, 0.5) is 0 Å². The number of esters is 1. The molecule has 68 heavy (non-hydrogen) atoms. The van der Waals surface area contributed by atoms with Gasteiger partial charge in [-0.2, -0.15) is 0 Å². The first-order valence-corrected chi connectivity index (χ1v) is 29.6. The van der Waals surface area contributed by atoms with Crippen molar-refractivity contribution in [2.75, 3.05) is 13.2 Å². The van der Waals surface area contributed by atoms with E-state index >= 15 is 0 Å². The summed E-state index contributed by atoms with van der Waals surface area (Å²) >= 11 is 0. The van der Waals surface area contributed by atoms with E-state index in [9.17, 15) is 19.8 Å². The number of allylic oxidation sites excluding steroid dienone is 9. The molecule has 0 spiro atoms. The van der Waals surface area contributed by atoms with Gasteiger partial charge >= 0.3 is 5.97 Å². The molecule has 0 aliphatic carbocycles. The molecule has 3 N–H and O–H groups in total. The number of amides is 1. The molecule has 0 aromatic heterocycles. The van der Waals surface area contributed by atoms with Crippen molar-refractivity contribution in [2.24, 2.45) is 0 Å². The van der Waals surface area contributed by atoms with Crippen LogP contribution in [0.1, 0.15) is 296 Å². The van der Waals surface area contributed by atoms with E-state index in [0.29, 0.717) is 19.4 Å². The number of hydrogen-bond donors (Lipinski definition) is 3. The normalized spacial score (nSPS) is 13.1. The standard InChI is InChI=1S/C62H113NO5/c1-3-5-7-9-11-13-15-30-34-38-42-46-50-54-60(65)59(58-64)63-61(66)55-51-47-43-39-35-32-28-26-24-22-20-18-17-19-21-23-25-27-29-33-37-41-45-49-53-57-68-62(67)56-52-48-44-40-36-31-16-14-12-10-8-6-4-2/h8,10,14,16,18-21,50,54,59-60,64-65H,3-7,9,11-13,15,17,22-49,51-53,55-58H2,1-2H3,(H,63,66)/b10-8-,16-14-,20-18-,21-19-,54-50+. The Morgan fingerprint density at radius 2 is 0.765 bits per heavy atom. The summed E-state index contributed by atoms with van der Waals surface area (Å²) in [5, 5.41) is 23.1. The Kier molecular flexibility index (Phi) is 55.1. The Morgan fingerprint density at radius 1 is 0.412 bits per heavy atom. The highest BCUT2D eigenvalue weighted by Gasteiger charge is 2.18. The van der Waals surface area contributed by atoms with Gasteiger partial charge < -0.3 is 20.3 Å². The molecule has 0 aromatic rings. The van der Waals surface area contributed by atoms with Gasteiger partial charge in [0.2, 0.25) is 5.91 Å². The summed E-state index contributed by atoms with van der Waals surface area (Å²) in [6.45, 7) is 4.82. The average Bonchev–Trinajstić information content (AvgIpc) is 3.34. The number of aliphatic hydroxyl groups is 2. The number of ether oxygens (including phenoxy) is 1. The van der Waals surface area contributed by atoms with Crippen molar-refractivity contribution >= 4 is 11.9 Å². The van der Waals surface area contributed by atoms with Gasteiger partial charge in [0, 0.05) is 12.8 Å². The Morgan fingerprint density at radius 3 is 1.18 bits per heavy atom. The van der Waals surface area contributed by atoms with E-state index in [-0.39, 0.29) is 18.5 Å². The lowest BCUT2D eigenvalue weighted by Crippen LogP contribution is -2.45. The average molecular weight is 953 g/mol. The first kappa shape index (κ1) is 65.6. The first-order chi connectivity index (χ1) is 33.5. The van der Waals surface area contributed by atoms with Crippen LogP contribution in [0.2, 0.25) is 0 Å². The van der Waals surface area contributed by atoms with Crippen LogP contribution < -0.4 is 5.32 Å². The summed E-state index contributed by atoms with van der Waals surface area (Å²) in [6.07, 6.45) is 73.9. The molecule has 0 aromatic carbocycles. The van der Waals surface area contributed by atoms with E-state index in [4.69, 9.17) is 4.74 Å². The Labute approximate surface area is 422 Å². The second kappa shape index (κ2) is 57.1. The summed E-state index contributed by atoms with van der Waals surface area (Å²) in [7, 11) is 0. The molecule has 0 aliphatic heterocycles. The Bertz CT molecular complexity index is 1190. The molecule has 0 saturated heterocycles. The van der Waals surface area contributed by atoms with Crippen molar-refractivity contribution in [3.05, 3.63) is 60.8 Å². The van der Waals surface area contributed by atoms with Crippen LogP contribution in [-0.2, 0) is 14.3 Å². The fourth-order valence-electron chi connectivity index (χ4n) is 8.70. The van der Waals surface area contributed by atoms with Crippen LogP contribution in [0.15, 0.2) is 60.8 Å². The van der Waals surface area contributed by atoms with Crippen LogP contribution >= 0.6 is 0 Å². The molecule has 396 valence electrons. The minimum absolute atomic E-state index is 0.00769. The van der Waals surface area contributed by atoms with Crippen molar-refractivity contribution < 1.29 is 24.5 Å². The van der Waals surface area contributed by atoms with E-state index in [1.807, 2.05) is 6.08 Å². The molecule has 0 bridgehead atoms. The number of nitrogens with one attached hydrogen (secondary N) is 1. The third-order valence-electron chi connectivity index (χ3n) is 13.2. The Balaban J connectivity index is 3.47. The van der Waals surface area contributed by atoms with Gasteiger partial charge in [-0.1, -0.05) is 254 Å². The third kappa shape index (κ3) is 52.9. The molecule has 0 saturated carbocycles. The predicted molar refractivity (Wildman–Crippen MR) is 296 cm³/mol. The number of carbonyl (C=O) groups excluding carboxylic acids is 2. The zero-order chi connectivity index (χ0) is 49.3. The minimum Gasteiger partial charge on any atom is -0.466 e. The maximum atomic E-state index is 12.4. The molecule has 6 heteroatoms. The smallest absolute Gasteiger partial charge is 0.305 e. The third-order valence-corrected chi connectivity index (χ3v) is 13.2. The fraction of sp³-hybridized carbons (Fsp3) is 0.806. The summed E-state index contributed by atoms with van der Waals surface area (Å²) in [5.74, 6) is -0.0830. The predicted octanol–water partition coefficient (Wildman–Crippen LogP) is 18.4. The molecular weight excluding hydrogens is 839 g/mol. The maximum Gasteiger partial charge on any atom is 0.305 e. The maximum absolute atomic E-state index is 12.4. The highest BCUT2D eigenvalue weighted by Crippen LogP contribution is 2.16. The number of rotatable bonds is 54. The van der Waals surface area contributed by atoms with Gasteiger partial charge in [-0.25, -0.2) is 0 Å². The van der Waals surface area contributed by atoms with Crippen molar-refractivity contribution in [3.63, 3.8) is 0 Å². The summed E-state index contributed by atoms with van der Waals surface area (Å²) in [5.41, 5.74) is 0. The summed E-state index contributed by atoms with van der Waals surface area (Å²) in [4.78, 5) is 24.4. The molecule has 0 aliphatic rings. The second-order valence-electron chi connectivity index (χ2n) is 20.0. The van der Waals surface area contributed by atoms with Crippen molar-refractivity contribution in [3.8, 4) is 0 Å². The first-order valence-electron chi connectivity index (χ1n) is 29.6. The SMILES string of the molecule is CCC/C=C\C/C=C\CCCCCCCC(=O)OCCCCCCCCCCC/C=C\C/C=C\CCCCCCCCCCCC(=O)NC(CO)C(O)/C=C/CCCCCCCCCCCCC. The van der Waals surface area contributed by atoms with Crippen LogP contribution in [0.3, 0.4) is 0 Å². The molecular formula is C62H113NO5. The number of unbranched alkanes of at least 4 members (excludes halogenated alkanes) is 35. The van der Waals surface area contributed by atoms with Crippen LogP contribution in [0.25, 0.3) is 0 Å². The molecule has 2 atom stereocenters. The minimum atomic E-state index is -0.849. The zero-order valence-corrected chi connectivity index (χ0v) is 45.1. The molecule has 0 radical (unpaired) electrons. The molecule has 2 unspecified atom stereocenters. The van der Waals surface area contributed by atoms with Crippen LogP contribution in [0.5, 0.6) is 0 Å². The lowest BCUT2D eigenvalue weighted by atomic mass is 10.0. The number of aliphatic hydroxyl groups excluding tert-OH is 2. The molecule has 0 fully saturated rings. The summed E-state index contributed by atoms with van der Waals surface area (Å²) in [6, 6.07) is -0.633. The molecule has 1 amide bonds. The van der Waals surface area contributed by atoms with Gasteiger partial charge in [0.1, 0.15) is 0 Å². The molecule has 0 rings (SSSR count). The quantitative estimate of drug-likeness (QED) is 0.0321. The van der Waals surface area contributed by atoms with Gasteiger partial charge in [0.15, 0.2) is 0 Å². The van der Waals surface area contributed by atoms with Crippen LogP contribution in [-0.4, -0.2) is 47.4 Å². The number of hydrogen-bond acceptors (Lipinski definition) is 5. The van der Waals surface area contributed by atoms with Gasteiger partial charge in [-0.15, -0.1) is 0 Å². The fourth-order valence-corrected chi connectivity index (χ4v) is 8.70. The zero-order valence-electron chi connectivity index (χ0n) is 45.1. The van der Waals surface area contributed by atoms with Crippen LogP contribution in [0, 0.1) is 0 Å². The van der Waals surface area contributed by atoms with E-state index in [0.717, 1.165) is 57.8 Å². The highest BCUT2D eigenvalue weighted by molar-refractivity contribution is 5.76. The monoisotopic (exact) mass is 952 g/mol. The highest BCUT2D eigenvalue weighted by atomic mass is 16.5. The van der Waals surface area contributed by atoms with E-state index in [1.54, 1.807) is 6.08 Å². The summed E-state index contributed by atoms with van der Waals surface area (Å²) < 4.78 is 5.46. The topological polar surface area (TPSA) is 95.9 Å². The van der Waals surface area contributed by atoms with Gasteiger partial charge in [-0.05, 0) is 89.9 Å². The van der Waals surface area contributed by atoms with Gasteiger partial charge in [0.05, 0.1) is 25.4 Å². The van der Waals surface area contributed by atoms with Gasteiger partial charge in [-0.3, -0.25) is 9.59 Å². The lowest BCUT2D eigenvalue weighted by molar-refractivity contribution is -0.143.